The molecule has 3 aromatic rings. The Hall–Kier alpha value is -1.61. The first-order valence-corrected chi connectivity index (χ1v) is 11.5. The molecule has 1 N–H and O–H groups in total. The number of nitrogens with zero attached hydrogens (tertiary/aromatic N) is 1. The summed E-state index contributed by atoms with van der Waals surface area (Å²) in [6.07, 6.45) is 0.594. The molecule has 2 aromatic carbocycles. The van der Waals surface area contributed by atoms with Crippen molar-refractivity contribution in [3.8, 4) is 5.75 Å². The van der Waals surface area contributed by atoms with Crippen molar-refractivity contribution in [2.45, 2.75) is 22.6 Å². The van der Waals surface area contributed by atoms with Crippen molar-refractivity contribution in [2.75, 3.05) is 19.4 Å². The average Bonchev–Trinajstić information content (AvgIpc) is 3.03. The number of sulfonamides is 1. The molecule has 0 aliphatic heterocycles. The summed E-state index contributed by atoms with van der Waals surface area (Å²) in [4.78, 5) is 4.77. The number of methoxy groups -OCH3 is 1. The molecule has 5 nitrogen and oxygen atoms in total. The number of hydrogen-bond donors (Lipinski definition) is 1. The predicted octanol–water partition coefficient (Wildman–Crippen LogP) is 3.94. The first kappa shape index (κ1) is 19.2. The van der Waals surface area contributed by atoms with Crippen molar-refractivity contribution in [1.29, 1.82) is 0 Å². The highest BCUT2D eigenvalue weighted by atomic mass is 32.2. The van der Waals surface area contributed by atoms with Gasteiger partial charge in [0.15, 0.2) is 4.34 Å². The van der Waals surface area contributed by atoms with Gasteiger partial charge in [-0.1, -0.05) is 30.8 Å². The quantitative estimate of drug-likeness (QED) is 0.572. The fraction of sp³-hybridized carbons (Fsp3) is 0.278. The van der Waals surface area contributed by atoms with Crippen molar-refractivity contribution in [2.24, 2.45) is 0 Å². The van der Waals surface area contributed by atoms with Crippen LogP contribution >= 0.6 is 23.1 Å². The molecule has 3 rings (SSSR count). The third kappa shape index (κ3) is 4.56. The molecule has 0 saturated heterocycles. The lowest BCUT2D eigenvalue weighted by Gasteiger charge is -2.08. The van der Waals surface area contributed by atoms with E-state index in [2.05, 4.69) is 16.6 Å². The lowest BCUT2D eigenvalue weighted by atomic mass is 10.1. The Kier molecular flexibility index (Phi) is 6.18. The number of rotatable bonds is 8. The van der Waals surface area contributed by atoms with E-state index < -0.39 is 10.0 Å². The third-order valence-corrected chi connectivity index (χ3v) is 7.26. The lowest BCUT2D eigenvalue weighted by molar-refractivity contribution is 0.414. The molecule has 0 fully saturated rings. The minimum absolute atomic E-state index is 0.271. The summed E-state index contributed by atoms with van der Waals surface area (Å²) in [5, 5.41) is 0. The standard InChI is InChI=1S/C18H20N2O3S3/c1-3-24-18-20-16-8-7-15(12-17(16)25-18)26(21,22)19-10-9-13-5-4-6-14(11-13)23-2/h4-8,11-12,19H,3,9-10H2,1-2H3. The number of thiazole rings is 1. The molecule has 0 bridgehead atoms. The van der Waals surface area contributed by atoms with Crippen LogP contribution in [0.25, 0.3) is 10.2 Å². The van der Waals surface area contributed by atoms with Crippen LogP contribution in [0.15, 0.2) is 51.7 Å². The zero-order chi connectivity index (χ0) is 18.6. The molecular weight excluding hydrogens is 388 g/mol. The normalized spacial score (nSPS) is 11.8. The summed E-state index contributed by atoms with van der Waals surface area (Å²) in [7, 11) is -1.94. The molecular formula is C18H20N2O3S3. The number of fused-ring (bicyclic) bond motifs is 1. The largest absolute Gasteiger partial charge is 0.497 e. The van der Waals surface area contributed by atoms with E-state index >= 15 is 0 Å². The number of ether oxygens (including phenoxy) is 1. The van der Waals surface area contributed by atoms with Crippen LogP contribution in [0.4, 0.5) is 0 Å². The van der Waals surface area contributed by atoms with Gasteiger partial charge < -0.3 is 4.74 Å². The number of hydrogen-bond acceptors (Lipinski definition) is 6. The second-order valence-electron chi connectivity index (χ2n) is 5.54. The smallest absolute Gasteiger partial charge is 0.240 e. The van der Waals surface area contributed by atoms with Gasteiger partial charge in [-0.15, -0.1) is 11.3 Å². The fourth-order valence-corrected chi connectivity index (χ4v) is 5.61. The molecule has 1 aromatic heterocycles. The molecule has 0 amide bonds. The Balaban J connectivity index is 1.70. The number of aromatic nitrogens is 1. The van der Waals surface area contributed by atoms with Gasteiger partial charge in [-0.3, -0.25) is 0 Å². The van der Waals surface area contributed by atoms with Crippen LogP contribution in [0.2, 0.25) is 0 Å². The van der Waals surface area contributed by atoms with E-state index in [0.29, 0.717) is 13.0 Å². The maximum Gasteiger partial charge on any atom is 0.240 e. The van der Waals surface area contributed by atoms with E-state index in [-0.39, 0.29) is 4.90 Å². The molecule has 0 aliphatic rings. The number of nitrogens with one attached hydrogen (secondary N) is 1. The third-order valence-electron chi connectivity index (χ3n) is 3.76. The molecule has 0 atom stereocenters. The molecule has 1 heterocycles. The van der Waals surface area contributed by atoms with Crippen molar-refractivity contribution in [3.05, 3.63) is 48.0 Å². The monoisotopic (exact) mass is 408 g/mol. The predicted molar refractivity (Wildman–Crippen MR) is 108 cm³/mol. The molecule has 138 valence electrons. The highest BCUT2D eigenvalue weighted by Gasteiger charge is 2.15. The summed E-state index contributed by atoms with van der Waals surface area (Å²) >= 11 is 3.18. The van der Waals surface area contributed by atoms with Crippen LogP contribution in [-0.4, -0.2) is 32.8 Å². The van der Waals surface area contributed by atoms with Crippen LogP contribution in [0.5, 0.6) is 5.75 Å². The van der Waals surface area contributed by atoms with Crippen LogP contribution in [0.1, 0.15) is 12.5 Å². The molecule has 0 spiro atoms. The first-order chi connectivity index (χ1) is 12.5. The Morgan fingerprint density at radius 3 is 2.85 bits per heavy atom. The zero-order valence-electron chi connectivity index (χ0n) is 14.6. The van der Waals surface area contributed by atoms with Crippen LogP contribution < -0.4 is 9.46 Å². The second kappa shape index (κ2) is 8.39. The van der Waals surface area contributed by atoms with Gasteiger partial charge in [-0.05, 0) is 48.1 Å². The summed E-state index contributed by atoms with van der Waals surface area (Å²) in [6, 6.07) is 12.7. The topological polar surface area (TPSA) is 68.3 Å². The molecule has 8 heteroatoms. The first-order valence-electron chi connectivity index (χ1n) is 8.18. The SMILES string of the molecule is CCSc1nc2ccc(S(=O)(=O)NCCc3cccc(OC)c3)cc2s1. The lowest BCUT2D eigenvalue weighted by Crippen LogP contribution is -2.25. The minimum Gasteiger partial charge on any atom is -0.497 e. The van der Waals surface area contributed by atoms with Gasteiger partial charge >= 0.3 is 0 Å². The van der Waals surface area contributed by atoms with Gasteiger partial charge in [0, 0.05) is 6.54 Å². The fourth-order valence-electron chi connectivity index (χ4n) is 2.48. The Morgan fingerprint density at radius 1 is 1.23 bits per heavy atom. The highest BCUT2D eigenvalue weighted by Crippen LogP contribution is 2.30. The van der Waals surface area contributed by atoms with Gasteiger partial charge in [0.25, 0.3) is 0 Å². The second-order valence-corrected chi connectivity index (χ2v) is 9.85. The van der Waals surface area contributed by atoms with Gasteiger partial charge in [0.1, 0.15) is 5.75 Å². The van der Waals surface area contributed by atoms with Crippen LogP contribution in [0, 0.1) is 0 Å². The van der Waals surface area contributed by atoms with E-state index in [0.717, 1.165) is 31.6 Å². The van der Waals surface area contributed by atoms with E-state index in [1.165, 1.54) is 11.3 Å². The van der Waals surface area contributed by atoms with E-state index in [1.807, 2.05) is 24.3 Å². The number of benzene rings is 2. The molecule has 0 saturated carbocycles. The summed E-state index contributed by atoms with van der Waals surface area (Å²) in [5.41, 5.74) is 1.85. The van der Waals surface area contributed by atoms with Gasteiger partial charge in [-0.25, -0.2) is 18.1 Å². The van der Waals surface area contributed by atoms with E-state index in [9.17, 15) is 8.42 Å². The van der Waals surface area contributed by atoms with Crippen molar-refractivity contribution >= 4 is 43.3 Å². The molecule has 0 aliphatic carbocycles. The number of thioether (sulfide) groups is 1. The molecule has 0 unspecified atom stereocenters. The van der Waals surface area contributed by atoms with Crippen molar-refractivity contribution < 1.29 is 13.2 Å². The van der Waals surface area contributed by atoms with Gasteiger partial charge in [0.05, 0.1) is 22.2 Å². The van der Waals surface area contributed by atoms with E-state index in [4.69, 9.17) is 4.74 Å². The average molecular weight is 409 g/mol. The van der Waals surface area contributed by atoms with E-state index in [1.54, 1.807) is 37.1 Å². The van der Waals surface area contributed by atoms with Gasteiger partial charge in [-0.2, -0.15) is 0 Å². The summed E-state index contributed by atoms with van der Waals surface area (Å²) in [5.74, 6) is 1.71. The summed E-state index contributed by atoms with van der Waals surface area (Å²) in [6.45, 7) is 2.39. The maximum atomic E-state index is 12.6. The van der Waals surface area contributed by atoms with Crippen molar-refractivity contribution in [1.82, 2.24) is 9.71 Å². The zero-order valence-corrected chi connectivity index (χ0v) is 17.0. The van der Waals surface area contributed by atoms with Crippen molar-refractivity contribution in [3.63, 3.8) is 0 Å². The Labute approximate surface area is 161 Å². The Morgan fingerprint density at radius 2 is 2.08 bits per heavy atom. The van der Waals surface area contributed by atoms with Crippen LogP contribution in [0.3, 0.4) is 0 Å². The maximum absolute atomic E-state index is 12.6. The Bertz CT molecular complexity index is 1000. The minimum atomic E-state index is -3.55. The van der Waals surface area contributed by atoms with Crippen LogP contribution in [-0.2, 0) is 16.4 Å². The summed E-state index contributed by atoms with van der Waals surface area (Å²) < 4.78 is 34.8. The molecule has 26 heavy (non-hydrogen) atoms. The van der Waals surface area contributed by atoms with Gasteiger partial charge in [0.2, 0.25) is 10.0 Å². The molecule has 0 radical (unpaired) electrons. The highest BCUT2D eigenvalue weighted by molar-refractivity contribution is 8.01.